The van der Waals surface area contributed by atoms with Crippen LogP contribution >= 0.6 is 0 Å². The molecule has 0 aromatic heterocycles. The third kappa shape index (κ3) is 2820. The Morgan fingerprint density at radius 1 is 0.545 bits per heavy atom. The van der Waals surface area contributed by atoms with Crippen molar-refractivity contribution in [3.63, 3.8) is 0 Å². The van der Waals surface area contributed by atoms with E-state index in [1.807, 2.05) is 0 Å². The van der Waals surface area contributed by atoms with Crippen molar-refractivity contribution in [2.45, 2.75) is 0 Å². The molecule has 0 aromatic rings. The van der Waals surface area contributed by atoms with Crippen molar-refractivity contribution in [1.82, 2.24) is 0 Å². The van der Waals surface area contributed by atoms with Crippen LogP contribution in [0.15, 0.2) is 0 Å². The number of quaternary nitrogens is 1. The first-order chi connectivity index (χ1) is 2.00. The molecular weight excluding hydrogens is 174 g/mol. The van der Waals surface area contributed by atoms with Crippen molar-refractivity contribution < 1.29 is 58.8 Å². The predicted molar refractivity (Wildman–Crippen MR) is 27.4 cm³/mol. The molecule has 0 aliphatic rings. The third-order valence-electron chi connectivity index (χ3n) is 0. The van der Waals surface area contributed by atoms with Crippen LogP contribution in [0.5, 0.6) is 0 Å². The van der Waals surface area contributed by atoms with Crippen LogP contribution in [0.3, 0.4) is 0 Å². The van der Waals surface area contributed by atoms with Gasteiger partial charge in [-0.05, 0) is 0 Å². The molecule has 0 atom stereocenters. The highest BCUT2D eigenvalue weighted by Gasteiger charge is 2.07. The lowest BCUT2D eigenvalue weighted by Crippen LogP contribution is -2.31. The fourth-order valence-electron chi connectivity index (χ4n) is 0. The van der Waals surface area contributed by atoms with E-state index in [-0.39, 0.29) is 32.9 Å². The zero-order valence-electron chi connectivity index (χ0n) is 5.18. The zero-order chi connectivity index (χ0) is 4.50. The second kappa shape index (κ2) is 22.7. The van der Waals surface area contributed by atoms with Gasteiger partial charge in [-0.2, -0.15) is 0 Å². The van der Waals surface area contributed by atoms with E-state index in [1.165, 1.54) is 0 Å². The molecule has 0 saturated carbocycles. The summed E-state index contributed by atoms with van der Waals surface area (Å²) in [6.45, 7) is 0. The van der Waals surface area contributed by atoms with Gasteiger partial charge < -0.3 is 32.9 Å². The maximum atomic E-state index is 7.12. The highest BCUT2D eigenvalue weighted by molar-refractivity contribution is 2.56. The maximum Gasteiger partial charge on any atom is 0.237 e. The van der Waals surface area contributed by atoms with Gasteiger partial charge in [0.15, 0.2) is 0 Å². The van der Waals surface area contributed by atoms with Crippen molar-refractivity contribution in [3.05, 3.63) is 0 Å². The summed E-state index contributed by atoms with van der Waals surface area (Å²) in [6, 6.07) is 0. The molecule has 0 saturated heterocycles. The highest BCUT2D eigenvalue weighted by Crippen LogP contribution is 1.69. The standard InChI is InChI=1S/H4NO4.6H2O/c2-1(3,4)5;;;;;;/h2-5H;6*1H2/q+1;;;;;;/p-1. The Labute approximate surface area is 60.2 Å². The minimum absolute atomic E-state index is 0. The minimum atomic E-state index is -3.00. The molecule has 0 rings (SSSR count). The molecule has 0 radical (unpaired) electrons. The van der Waals surface area contributed by atoms with Gasteiger partial charge in [0.25, 0.3) is 0 Å². The molecule has 0 aromatic carbocycles. The number of hydrogen-bond donors (Lipinski definition) is 4. The minimum Gasteiger partial charge on any atom is -0.870 e. The smallest absolute Gasteiger partial charge is 0.237 e. The van der Waals surface area contributed by atoms with Crippen LogP contribution in [0.4, 0.5) is 0 Å². The molecule has 80 valence electrons. The molecular formula is H15NO10. The molecule has 15 N–H and O–H groups in total. The number of hydrogen-bond acceptors (Lipinski definition) is 5. The first-order valence-corrected chi connectivity index (χ1v) is 0.800. The van der Waals surface area contributed by atoms with E-state index in [4.69, 9.17) is 20.8 Å². The summed E-state index contributed by atoms with van der Waals surface area (Å²) in [5.74, 6) is 0. The highest BCUT2D eigenvalue weighted by atomic mass is 17.2. The van der Waals surface area contributed by atoms with Crippen molar-refractivity contribution in [2.75, 3.05) is 0 Å². The quantitative estimate of drug-likeness (QED) is 0.214. The summed E-state index contributed by atoms with van der Waals surface area (Å²) in [6.07, 6.45) is 0. The molecule has 0 aliphatic heterocycles. The van der Waals surface area contributed by atoms with Crippen LogP contribution < -0.4 is 0 Å². The van der Waals surface area contributed by atoms with Gasteiger partial charge in [0.1, 0.15) is 0 Å². The van der Waals surface area contributed by atoms with Gasteiger partial charge in [-0.15, -0.1) is 20.8 Å². The van der Waals surface area contributed by atoms with Crippen LogP contribution in [0.2, 0.25) is 0 Å². The molecule has 0 aliphatic carbocycles. The van der Waals surface area contributed by atoms with Gasteiger partial charge in [-0.25, -0.2) is 0 Å². The fraction of sp³-hybridized carbons (Fsp3) is 0. The first-order valence-electron chi connectivity index (χ1n) is 0.800. The molecule has 11 heteroatoms. The molecule has 0 fully saturated rings. The predicted octanol–water partition coefficient (Wildman–Crippen LogP) is -4.94. The van der Waals surface area contributed by atoms with Crippen LogP contribution in [-0.4, -0.2) is 58.8 Å². The van der Waals surface area contributed by atoms with E-state index < -0.39 is 5.14 Å². The molecule has 0 heterocycles. The topological polar surface area (TPSA) is 268 Å². The SMILES string of the molecule is O.O.O.O.O.O[N+](O)(O)O.[OH-]. The Bertz CT molecular complexity index is 20.3. The zero-order valence-corrected chi connectivity index (χ0v) is 5.18. The summed E-state index contributed by atoms with van der Waals surface area (Å²) in [5, 5.41) is 25.5. The average molecular weight is 189 g/mol. The third-order valence-corrected chi connectivity index (χ3v) is 0. The Morgan fingerprint density at radius 3 is 0.545 bits per heavy atom. The second-order valence-electron chi connectivity index (χ2n) is 0.537. The molecule has 11 nitrogen and oxygen atoms in total. The van der Waals surface area contributed by atoms with Crippen molar-refractivity contribution in [2.24, 2.45) is 0 Å². The molecule has 0 spiro atoms. The van der Waals surface area contributed by atoms with E-state index >= 15 is 0 Å². The summed E-state index contributed by atoms with van der Waals surface area (Å²) in [5.41, 5.74) is 0. The van der Waals surface area contributed by atoms with Gasteiger partial charge in [-0.1, -0.05) is 0 Å². The van der Waals surface area contributed by atoms with E-state index in [0.29, 0.717) is 0 Å². The lowest BCUT2D eigenvalue weighted by molar-refractivity contribution is -1.48. The Kier molecular flexibility index (Phi) is 157. The van der Waals surface area contributed by atoms with Gasteiger partial charge in [0, 0.05) is 0 Å². The van der Waals surface area contributed by atoms with Gasteiger partial charge >= 0.3 is 0 Å². The Morgan fingerprint density at radius 2 is 0.545 bits per heavy atom. The van der Waals surface area contributed by atoms with Crippen molar-refractivity contribution in [3.8, 4) is 0 Å². The van der Waals surface area contributed by atoms with Gasteiger partial charge in [-0.3, -0.25) is 0 Å². The van der Waals surface area contributed by atoms with E-state index in [9.17, 15) is 0 Å². The van der Waals surface area contributed by atoms with E-state index in [1.54, 1.807) is 0 Å². The summed E-state index contributed by atoms with van der Waals surface area (Å²) in [7, 11) is 0. The van der Waals surface area contributed by atoms with Crippen LogP contribution in [0.25, 0.3) is 0 Å². The van der Waals surface area contributed by atoms with Gasteiger partial charge in [0.2, 0.25) is 5.14 Å². The largest absolute Gasteiger partial charge is 0.870 e. The summed E-state index contributed by atoms with van der Waals surface area (Å²) in [4.78, 5) is 0. The van der Waals surface area contributed by atoms with Crippen LogP contribution in [0.1, 0.15) is 0 Å². The summed E-state index contributed by atoms with van der Waals surface area (Å²) >= 11 is 0. The van der Waals surface area contributed by atoms with E-state index in [2.05, 4.69) is 0 Å². The van der Waals surface area contributed by atoms with Crippen molar-refractivity contribution in [1.29, 1.82) is 0 Å². The maximum absolute atomic E-state index is 7.12. The van der Waals surface area contributed by atoms with Gasteiger partial charge in [0.05, 0.1) is 0 Å². The second-order valence-corrected chi connectivity index (χ2v) is 0.537. The fourth-order valence-corrected chi connectivity index (χ4v) is 0. The first kappa shape index (κ1) is 76.2. The number of nitrogens with zero attached hydrogens (tertiary/aromatic N) is 1. The lowest BCUT2D eigenvalue weighted by Gasteiger charge is -1.94. The van der Waals surface area contributed by atoms with Crippen LogP contribution in [-0.2, 0) is 0 Å². The molecule has 0 amide bonds. The molecule has 0 bridgehead atoms. The Hall–Kier alpha value is -0.440. The molecule has 11 heavy (non-hydrogen) atoms. The Balaban J connectivity index is -0.00000000533. The van der Waals surface area contributed by atoms with E-state index in [0.717, 1.165) is 0 Å². The average Bonchev–Trinajstić information content (AvgIpc) is 0.722. The van der Waals surface area contributed by atoms with Crippen LogP contribution in [0, 0.1) is 0 Å². The lowest BCUT2D eigenvalue weighted by atomic mass is 12.8. The summed E-state index contributed by atoms with van der Waals surface area (Å²) < 4.78 is 0. The molecule has 0 unspecified atom stereocenters. The number of rotatable bonds is 0. The van der Waals surface area contributed by atoms with Crippen molar-refractivity contribution >= 4 is 0 Å². The normalized spacial score (nSPS) is 5.45. The monoisotopic (exact) mass is 189 g/mol.